The van der Waals surface area contributed by atoms with Crippen LogP contribution in [0.1, 0.15) is 35.9 Å². The molecule has 4 heteroatoms. The minimum atomic E-state index is -0.474. The van der Waals surface area contributed by atoms with Crippen molar-refractivity contribution in [3.8, 4) is 0 Å². The van der Waals surface area contributed by atoms with Gasteiger partial charge in [0.1, 0.15) is 11.6 Å². The fourth-order valence-electron chi connectivity index (χ4n) is 2.53. The van der Waals surface area contributed by atoms with Gasteiger partial charge in [-0.25, -0.2) is 9.37 Å². The summed E-state index contributed by atoms with van der Waals surface area (Å²) < 4.78 is 14.6. The van der Waals surface area contributed by atoms with Crippen molar-refractivity contribution in [3.63, 3.8) is 0 Å². The van der Waals surface area contributed by atoms with Crippen molar-refractivity contribution in [1.29, 1.82) is 0 Å². The molecule has 0 aliphatic heterocycles. The molecule has 0 bridgehead atoms. The van der Waals surface area contributed by atoms with E-state index in [2.05, 4.69) is 4.98 Å². The molecular formula is C15H15FN2O. The van der Waals surface area contributed by atoms with E-state index in [-0.39, 0.29) is 11.7 Å². The standard InChI is InChI=1S/C15H15FN2O/c1-2-13-17-9-10-18(13)14(19)15(7-8-15)11-3-5-12(16)6-4-11/h3-6,9-10H,2,7-8H2,1H3. The SMILES string of the molecule is CCc1nccn1C(=O)C1(c2ccc(F)cc2)CC1. The molecule has 1 heterocycles. The predicted molar refractivity (Wildman–Crippen MR) is 69.5 cm³/mol. The molecule has 1 aromatic heterocycles. The zero-order chi connectivity index (χ0) is 13.5. The molecule has 0 saturated heterocycles. The van der Waals surface area contributed by atoms with Crippen LogP contribution in [0.5, 0.6) is 0 Å². The Kier molecular flexibility index (Phi) is 2.73. The number of rotatable bonds is 3. The highest BCUT2D eigenvalue weighted by molar-refractivity contribution is 5.93. The van der Waals surface area contributed by atoms with Gasteiger partial charge in [0.2, 0.25) is 5.91 Å². The van der Waals surface area contributed by atoms with Gasteiger partial charge in [-0.1, -0.05) is 19.1 Å². The van der Waals surface area contributed by atoms with Gasteiger partial charge >= 0.3 is 0 Å². The lowest BCUT2D eigenvalue weighted by Gasteiger charge is -2.16. The molecule has 19 heavy (non-hydrogen) atoms. The number of nitrogens with zero attached hydrogens (tertiary/aromatic N) is 2. The van der Waals surface area contributed by atoms with E-state index in [1.54, 1.807) is 29.1 Å². The molecule has 1 aromatic carbocycles. The molecule has 0 spiro atoms. The molecule has 3 rings (SSSR count). The summed E-state index contributed by atoms with van der Waals surface area (Å²) in [6, 6.07) is 6.25. The van der Waals surface area contributed by atoms with Crippen LogP contribution in [0.2, 0.25) is 0 Å². The Bertz CT molecular complexity index is 611. The molecular weight excluding hydrogens is 243 g/mol. The molecule has 0 N–H and O–H groups in total. The first-order valence-corrected chi connectivity index (χ1v) is 6.50. The minimum absolute atomic E-state index is 0.0495. The van der Waals surface area contributed by atoms with Crippen LogP contribution < -0.4 is 0 Å². The number of hydrogen-bond acceptors (Lipinski definition) is 2. The molecule has 0 atom stereocenters. The Hall–Kier alpha value is -1.97. The third kappa shape index (κ3) is 1.87. The van der Waals surface area contributed by atoms with Gasteiger partial charge in [0.05, 0.1) is 5.41 Å². The van der Waals surface area contributed by atoms with Gasteiger partial charge in [0.15, 0.2) is 0 Å². The maximum atomic E-state index is 13.0. The van der Waals surface area contributed by atoms with Crippen molar-refractivity contribution in [2.75, 3.05) is 0 Å². The van der Waals surface area contributed by atoms with Crippen LogP contribution in [0.15, 0.2) is 36.7 Å². The predicted octanol–water partition coefficient (Wildman–Crippen LogP) is 2.96. The third-order valence-corrected chi connectivity index (χ3v) is 3.81. The van der Waals surface area contributed by atoms with Crippen LogP contribution >= 0.6 is 0 Å². The lowest BCUT2D eigenvalue weighted by atomic mass is 9.95. The Morgan fingerprint density at radius 1 is 1.37 bits per heavy atom. The number of carbonyl (C=O) groups is 1. The molecule has 1 saturated carbocycles. The van der Waals surface area contributed by atoms with Crippen LogP contribution in [0.4, 0.5) is 4.39 Å². The van der Waals surface area contributed by atoms with Gasteiger partial charge in [0.25, 0.3) is 0 Å². The van der Waals surface area contributed by atoms with Gasteiger partial charge in [-0.15, -0.1) is 0 Å². The summed E-state index contributed by atoms with van der Waals surface area (Å²) >= 11 is 0. The van der Waals surface area contributed by atoms with E-state index >= 15 is 0 Å². The Labute approximate surface area is 111 Å². The van der Waals surface area contributed by atoms with E-state index in [0.717, 1.165) is 30.7 Å². The Balaban J connectivity index is 1.97. The summed E-state index contributed by atoms with van der Waals surface area (Å²) in [5, 5.41) is 0. The molecule has 1 fully saturated rings. The largest absolute Gasteiger partial charge is 0.273 e. The second-order valence-corrected chi connectivity index (χ2v) is 4.96. The minimum Gasteiger partial charge on any atom is -0.273 e. The van der Waals surface area contributed by atoms with Crippen molar-refractivity contribution in [2.24, 2.45) is 0 Å². The number of benzene rings is 1. The second kappa shape index (κ2) is 4.30. The maximum absolute atomic E-state index is 13.0. The first-order chi connectivity index (χ1) is 9.17. The van der Waals surface area contributed by atoms with E-state index in [1.165, 1.54) is 12.1 Å². The number of aryl methyl sites for hydroxylation is 1. The topological polar surface area (TPSA) is 34.9 Å². The van der Waals surface area contributed by atoms with E-state index < -0.39 is 5.41 Å². The molecule has 98 valence electrons. The summed E-state index contributed by atoms with van der Waals surface area (Å²) in [5.74, 6) is 0.552. The lowest BCUT2D eigenvalue weighted by molar-refractivity contribution is 0.0859. The Morgan fingerprint density at radius 2 is 2.05 bits per heavy atom. The first kappa shape index (κ1) is 12.1. The summed E-state index contributed by atoms with van der Waals surface area (Å²) in [7, 11) is 0. The molecule has 0 radical (unpaired) electrons. The van der Waals surface area contributed by atoms with Crippen LogP contribution in [0.25, 0.3) is 0 Å². The van der Waals surface area contributed by atoms with Crippen LogP contribution in [-0.2, 0) is 11.8 Å². The van der Waals surface area contributed by atoms with E-state index in [0.29, 0.717) is 0 Å². The van der Waals surface area contributed by atoms with Gasteiger partial charge in [-0.05, 0) is 30.5 Å². The highest BCUT2D eigenvalue weighted by Crippen LogP contribution is 2.49. The summed E-state index contributed by atoms with van der Waals surface area (Å²) in [6.45, 7) is 1.98. The summed E-state index contributed by atoms with van der Waals surface area (Å²) in [4.78, 5) is 16.9. The highest BCUT2D eigenvalue weighted by Gasteiger charge is 2.52. The number of imidazole rings is 1. The van der Waals surface area contributed by atoms with Crippen LogP contribution in [0.3, 0.4) is 0 Å². The molecule has 1 aliphatic rings. The average Bonchev–Trinajstić information content (AvgIpc) is 3.09. The van der Waals surface area contributed by atoms with Crippen molar-refractivity contribution >= 4 is 5.91 Å². The van der Waals surface area contributed by atoms with Gasteiger partial charge < -0.3 is 0 Å². The molecule has 1 aliphatic carbocycles. The maximum Gasteiger partial charge on any atom is 0.242 e. The van der Waals surface area contributed by atoms with Gasteiger partial charge in [0, 0.05) is 18.8 Å². The molecule has 2 aromatic rings. The lowest BCUT2D eigenvalue weighted by Crippen LogP contribution is -2.27. The van der Waals surface area contributed by atoms with Crippen molar-refractivity contribution in [1.82, 2.24) is 9.55 Å². The van der Waals surface area contributed by atoms with E-state index in [1.807, 2.05) is 6.92 Å². The fraction of sp³-hybridized carbons (Fsp3) is 0.333. The molecule has 0 amide bonds. The van der Waals surface area contributed by atoms with E-state index in [9.17, 15) is 9.18 Å². The van der Waals surface area contributed by atoms with Crippen molar-refractivity contribution in [2.45, 2.75) is 31.6 Å². The number of halogens is 1. The second-order valence-electron chi connectivity index (χ2n) is 4.96. The number of carbonyl (C=O) groups excluding carboxylic acids is 1. The van der Waals surface area contributed by atoms with Crippen LogP contribution in [0, 0.1) is 5.82 Å². The normalized spacial score (nSPS) is 16.3. The van der Waals surface area contributed by atoms with Crippen molar-refractivity contribution in [3.05, 3.63) is 53.9 Å². The van der Waals surface area contributed by atoms with E-state index in [4.69, 9.17) is 0 Å². The molecule has 0 unspecified atom stereocenters. The summed E-state index contributed by atoms with van der Waals surface area (Å²) in [6.07, 6.45) is 5.72. The quantitative estimate of drug-likeness (QED) is 0.848. The third-order valence-electron chi connectivity index (χ3n) is 3.81. The monoisotopic (exact) mass is 258 g/mol. The van der Waals surface area contributed by atoms with Gasteiger partial charge in [-0.3, -0.25) is 9.36 Å². The number of aromatic nitrogens is 2. The fourth-order valence-corrected chi connectivity index (χ4v) is 2.53. The molecule has 3 nitrogen and oxygen atoms in total. The van der Waals surface area contributed by atoms with Gasteiger partial charge in [-0.2, -0.15) is 0 Å². The zero-order valence-corrected chi connectivity index (χ0v) is 10.8. The average molecular weight is 258 g/mol. The van der Waals surface area contributed by atoms with Crippen molar-refractivity contribution < 1.29 is 9.18 Å². The highest BCUT2D eigenvalue weighted by atomic mass is 19.1. The zero-order valence-electron chi connectivity index (χ0n) is 10.8. The first-order valence-electron chi connectivity index (χ1n) is 6.50. The smallest absolute Gasteiger partial charge is 0.242 e. The number of hydrogen-bond donors (Lipinski definition) is 0. The Morgan fingerprint density at radius 3 is 2.63 bits per heavy atom. The summed E-state index contributed by atoms with van der Waals surface area (Å²) in [5.41, 5.74) is 0.424. The van der Waals surface area contributed by atoms with Crippen LogP contribution in [-0.4, -0.2) is 15.5 Å².